The first-order valence-electron chi connectivity index (χ1n) is 12.1. The van der Waals surface area contributed by atoms with Crippen molar-refractivity contribution < 1.29 is 9.21 Å². The number of hydrogen-bond acceptors (Lipinski definition) is 6. The Morgan fingerprint density at radius 3 is 2.34 bits per heavy atom. The zero-order valence-electron chi connectivity index (χ0n) is 19.4. The van der Waals surface area contributed by atoms with Crippen molar-refractivity contribution in [3.63, 3.8) is 0 Å². The SMILES string of the molecule is O=C(CSc1nnc(N2CCCCC2)n1Cc1ccco1)NC1c2ccccc2-c2ccccc21. The summed E-state index contributed by atoms with van der Waals surface area (Å²) in [4.78, 5) is 15.4. The first kappa shape index (κ1) is 22.0. The highest BCUT2D eigenvalue weighted by Crippen LogP contribution is 2.43. The van der Waals surface area contributed by atoms with E-state index in [0.717, 1.165) is 53.9 Å². The van der Waals surface area contributed by atoms with E-state index < -0.39 is 0 Å². The molecule has 0 radical (unpaired) electrons. The molecule has 7 nitrogen and oxygen atoms in total. The first-order valence-corrected chi connectivity index (χ1v) is 13.1. The Morgan fingerprint density at radius 1 is 0.943 bits per heavy atom. The van der Waals surface area contributed by atoms with Crippen LogP contribution in [0.15, 0.2) is 76.5 Å². The molecular weight excluding hydrogens is 458 g/mol. The highest BCUT2D eigenvalue weighted by Gasteiger charge is 2.29. The number of furan rings is 1. The summed E-state index contributed by atoms with van der Waals surface area (Å²) in [5, 5.41) is 12.9. The number of carbonyl (C=O) groups excluding carboxylic acids is 1. The molecule has 8 heteroatoms. The smallest absolute Gasteiger partial charge is 0.231 e. The van der Waals surface area contributed by atoms with Crippen molar-refractivity contribution in [3.05, 3.63) is 83.8 Å². The van der Waals surface area contributed by atoms with Gasteiger partial charge < -0.3 is 14.6 Å². The van der Waals surface area contributed by atoms with Crippen LogP contribution in [-0.4, -0.2) is 39.5 Å². The van der Waals surface area contributed by atoms with Crippen LogP contribution in [0, 0.1) is 0 Å². The molecule has 6 rings (SSSR count). The number of nitrogens with one attached hydrogen (secondary N) is 1. The summed E-state index contributed by atoms with van der Waals surface area (Å²) in [6.45, 7) is 2.49. The minimum absolute atomic E-state index is 0.0291. The van der Waals surface area contributed by atoms with Crippen LogP contribution in [0.3, 0.4) is 0 Å². The molecule has 0 spiro atoms. The van der Waals surface area contributed by atoms with Crippen LogP contribution in [0.4, 0.5) is 5.95 Å². The number of carbonyl (C=O) groups is 1. The fourth-order valence-electron chi connectivity index (χ4n) is 5.06. The van der Waals surface area contributed by atoms with Gasteiger partial charge in [-0.25, -0.2) is 0 Å². The highest BCUT2D eigenvalue weighted by molar-refractivity contribution is 7.99. The molecule has 2 aromatic carbocycles. The van der Waals surface area contributed by atoms with Gasteiger partial charge in [-0.3, -0.25) is 9.36 Å². The third kappa shape index (κ3) is 4.34. The molecule has 4 aromatic rings. The van der Waals surface area contributed by atoms with Gasteiger partial charge in [-0.15, -0.1) is 10.2 Å². The molecular formula is C27H27N5O2S. The van der Waals surface area contributed by atoms with Crippen LogP contribution < -0.4 is 10.2 Å². The van der Waals surface area contributed by atoms with Gasteiger partial charge >= 0.3 is 0 Å². The van der Waals surface area contributed by atoms with E-state index in [1.165, 1.54) is 29.3 Å². The molecule has 1 amide bonds. The topological polar surface area (TPSA) is 76.2 Å². The van der Waals surface area contributed by atoms with Gasteiger partial charge in [0.25, 0.3) is 0 Å². The maximum Gasteiger partial charge on any atom is 0.231 e. The lowest BCUT2D eigenvalue weighted by Gasteiger charge is -2.27. The number of benzene rings is 2. The lowest BCUT2D eigenvalue weighted by atomic mass is 10.1. The number of amides is 1. The second-order valence-electron chi connectivity index (χ2n) is 8.96. The number of anilines is 1. The molecule has 1 aliphatic heterocycles. The number of aromatic nitrogens is 3. The molecule has 0 bridgehead atoms. The number of piperidine rings is 1. The van der Waals surface area contributed by atoms with Crippen molar-refractivity contribution in [2.24, 2.45) is 0 Å². The molecule has 1 fully saturated rings. The summed E-state index contributed by atoms with van der Waals surface area (Å²) < 4.78 is 7.67. The average molecular weight is 486 g/mol. The Morgan fingerprint density at radius 2 is 1.66 bits per heavy atom. The summed E-state index contributed by atoms with van der Waals surface area (Å²) in [6.07, 6.45) is 5.24. The third-order valence-electron chi connectivity index (χ3n) is 6.70. The van der Waals surface area contributed by atoms with Crippen molar-refractivity contribution in [1.82, 2.24) is 20.1 Å². The number of nitrogens with zero attached hydrogens (tertiary/aromatic N) is 4. The zero-order chi connectivity index (χ0) is 23.6. The molecule has 178 valence electrons. The predicted octanol–water partition coefficient (Wildman–Crippen LogP) is 4.89. The minimum atomic E-state index is -0.139. The molecule has 0 saturated carbocycles. The summed E-state index contributed by atoms with van der Waals surface area (Å²) in [6, 6.07) is 20.3. The highest BCUT2D eigenvalue weighted by atomic mass is 32.2. The summed E-state index contributed by atoms with van der Waals surface area (Å²) in [5.74, 6) is 1.92. The molecule has 1 aliphatic carbocycles. The predicted molar refractivity (Wildman–Crippen MR) is 136 cm³/mol. The maximum atomic E-state index is 13.1. The lowest BCUT2D eigenvalue weighted by Crippen LogP contribution is -2.32. The number of rotatable bonds is 7. The van der Waals surface area contributed by atoms with Crippen LogP contribution in [-0.2, 0) is 11.3 Å². The van der Waals surface area contributed by atoms with Gasteiger partial charge in [0.05, 0.1) is 24.6 Å². The molecule has 2 aromatic heterocycles. The average Bonchev–Trinajstić information content (AvgIpc) is 3.63. The van der Waals surface area contributed by atoms with Gasteiger partial charge in [-0.2, -0.15) is 0 Å². The number of hydrogen-bond donors (Lipinski definition) is 1. The van der Waals surface area contributed by atoms with Gasteiger partial charge in [-0.1, -0.05) is 60.3 Å². The van der Waals surface area contributed by atoms with Crippen molar-refractivity contribution >= 4 is 23.6 Å². The van der Waals surface area contributed by atoms with Crippen molar-refractivity contribution in [3.8, 4) is 11.1 Å². The Bertz CT molecular complexity index is 1280. The second-order valence-corrected chi connectivity index (χ2v) is 9.90. The van der Waals surface area contributed by atoms with E-state index in [2.05, 4.69) is 49.2 Å². The summed E-state index contributed by atoms with van der Waals surface area (Å²) in [5.41, 5.74) is 4.65. The van der Waals surface area contributed by atoms with E-state index in [0.29, 0.717) is 6.54 Å². The van der Waals surface area contributed by atoms with E-state index in [4.69, 9.17) is 4.42 Å². The number of thioether (sulfide) groups is 1. The van der Waals surface area contributed by atoms with E-state index in [-0.39, 0.29) is 17.7 Å². The van der Waals surface area contributed by atoms with E-state index >= 15 is 0 Å². The molecule has 0 atom stereocenters. The van der Waals surface area contributed by atoms with Crippen LogP contribution in [0.25, 0.3) is 11.1 Å². The fraction of sp³-hybridized carbons (Fsp3) is 0.296. The fourth-order valence-corrected chi connectivity index (χ4v) is 5.80. The second kappa shape index (κ2) is 9.62. The van der Waals surface area contributed by atoms with E-state index in [9.17, 15) is 4.79 Å². The van der Waals surface area contributed by atoms with Crippen molar-refractivity contribution in [2.75, 3.05) is 23.7 Å². The third-order valence-corrected chi connectivity index (χ3v) is 7.67. The Balaban J connectivity index is 1.19. The van der Waals surface area contributed by atoms with Gasteiger partial charge in [0.15, 0.2) is 5.16 Å². The van der Waals surface area contributed by atoms with Gasteiger partial charge in [0, 0.05) is 13.1 Å². The summed E-state index contributed by atoms with van der Waals surface area (Å²) in [7, 11) is 0. The van der Waals surface area contributed by atoms with E-state index in [1.54, 1.807) is 6.26 Å². The molecule has 1 saturated heterocycles. The van der Waals surface area contributed by atoms with Gasteiger partial charge in [0.1, 0.15) is 5.76 Å². The van der Waals surface area contributed by atoms with Crippen LogP contribution in [0.1, 0.15) is 42.2 Å². The Hall–Kier alpha value is -3.52. The molecule has 35 heavy (non-hydrogen) atoms. The van der Waals surface area contributed by atoms with E-state index in [1.807, 2.05) is 36.4 Å². The molecule has 3 heterocycles. The monoisotopic (exact) mass is 485 g/mol. The zero-order valence-corrected chi connectivity index (χ0v) is 20.2. The normalized spacial score (nSPS) is 15.1. The Labute approximate surface area is 208 Å². The van der Waals surface area contributed by atoms with Gasteiger partial charge in [-0.05, 0) is 53.6 Å². The lowest BCUT2D eigenvalue weighted by molar-refractivity contribution is -0.119. The van der Waals surface area contributed by atoms with Crippen LogP contribution in [0.5, 0.6) is 0 Å². The first-order chi connectivity index (χ1) is 17.3. The minimum Gasteiger partial charge on any atom is -0.467 e. The molecule has 2 aliphatic rings. The molecule has 0 unspecified atom stereocenters. The largest absolute Gasteiger partial charge is 0.467 e. The van der Waals surface area contributed by atoms with Crippen LogP contribution >= 0.6 is 11.8 Å². The summed E-state index contributed by atoms with van der Waals surface area (Å²) >= 11 is 1.42. The molecule has 1 N–H and O–H groups in total. The van der Waals surface area contributed by atoms with Crippen molar-refractivity contribution in [1.29, 1.82) is 0 Å². The maximum absolute atomic E-state index is 13.1. The Kier molecular flexibility index (Phi) is 6.04. The quantitative estimate of drug-likeness (QED) is 0.376. The van der Waals surface area contributed by atoms with Crippen LogP contribution in [0.2, 0.25) is 0 Å². The van der Waals surface area contributed by atoms with Gasteiger partial charge in [0.2, 0.25) is 11.9 Å². The van der Waals surface area contributed by atoms with Crippen molar-refractivity contribution in [2.45, 2.75) is 37.0 Å². The number of fused-ring (bicyclic) bond motifs is 3. The standard InChI is InChI=1S/C27H27N5O2S/c33-24(28-25-22-12-4-2-10-20(22)21-11-3-5-13-23(21)25)18-35-27-30-29-26(31-14-6-1-7-15-31)32(27)17-19-9-8-16-34-19/h2-5,8-13,16,25H,1,6-7,14-15,17-18H2,(H,28,33).